The van der Waals surface area contributed by atoms with Crippen LogP contribution in [0.15, 0.2) is 42.5 Å². The van der Waals surface area contributed by atoms with E-state index in [9.17, 15) is 13.6 Å². The molecule has 0 N–H and O–H groups in total. The number of carbonyl (C=O) groups is 1. The molecule has 0 bridgehead atoms. The van der Waals surface area contributed by atoms with Crippen molar-refractivity contribution in [1.29, 1.82) is 0 Å². The van der Waals surface area contributed by atoms with E-state index in [4.69, 9.17) is 0 Å². The highest BCUT2D eigenvalue weighted by Crippen LogP contribution is 2.22. The van der Waals surface area contributed by atoms with Gasteiger partial charge in [0.15, 0.2) is 5.82 Å². The zero-order valence-electron chi connectivity index (χ0n) is 15.6. The quantitative estimate of drug-likeness (QED) is 0.600. The van der Waals surface area contributed by atoms with Gasteiger partial charge in [0.05, 0.1) is 17.6 Å². The number of para-hydroxylation sites is 1. The van der Waals surface area contributed by atoms with Crippen LogP contribution in [-0.2, 0) is 13.1 Å². The second-order valence-electron chi connectivity index (χ2n) is 6.49. The maximum Gasteiger partial charge on any atom is 0.257 e. The molecule has 0 unspecified atom stereocenters. The zero-order valence-corrected chi connectivity index (χ0v) is 15.6. The number of amides is 1. The topological polar surface area (TPSA) is 38.1 Å². The van der Waals surface area contributed by atoms with Crippen LogP contribution < -0.4 is 0 Å². The zero-order chi connectivity index (χ0) is 19.4. The molecule has 2 aromatic carbocycles. The monoisotopic (exact) mass is 371 g/mol. The van der Waals surface area contributed by atoms with Gasteiger partial charge in [0.1, 0.15) is 17.2 Å². The third-order valence-electron chi connectivity index (χ3n) is 4.47. The second kappa shape index (κ2) is 8.29. The van der Waals surface area contributed by atoms with E-state index in [2.05, 4.69) is 4.98 Å². The molecule has 27 heavy (non-hydrogen) atoms. The summed E-state index contributed by atoms with van der Waals surface area (Å²) in [6.07, 6.45) is 1.58. The minimum Gasteiger partial charge on any atom is -0.331 e. The first-order chi connectivity index (χ1) is 13.1. The highest BCUT2D eigenvalue weighted by molar-refractivity contribution is 5.94. The molecular formula is C21H23F2N3O. The van der Waals surface area contributed by atoms with Crippen LogP contribution in [0.4, 0.5) is 8.78 Å². The lowest BCUT2D eigenvalue weighted by Crippen LogP contribution is -2.33. The molecule has 0 saturated heterocycles. The Labute approximate surface area is 157 Å². The number of aryl methyl sites for hydroxylation is 1. The van der Waals surface area contributed by atoms with E-state index >= 15 is 0 Å². The van der Waals surface area contributed by atoms with E-state index in [1.165, 1.54) is 18.2 Å². The Kier molecular flexibility index (Phi) is 5.84. The van der Waals surface area contributed by atoms with Crippen molar-refractivity contribution in [3.05, 3.63) is 65.5 Å². The fraction of sp³-hybridized carbons (Fsp3) is 0.333. The molecule has 3 rings (SSSR count). The number of rotatable bonds is 7. The van der Waals surface area contributed by atoms with E-state index in [1.54, 1.807) is 23.1 Å². The normalized spacial score (nSPS) is 11.1. The summed E-state index contributed by atoms with van der Waals surface area (Å²) in [6, 6.07) is 10.8. The molecule has 0 saturated carbocycles. The van der Waals surface area contributed by atoms with Crippen LogP contribution in [0.25, 0.3) is 11.0 Å². The molecule has 1 amide bonds. The highest BCUT2D eigenvalue weighted by atomic mass is 19.1. The van der Waals surface area contributed by atoms with E-state index in [-0.39, 0.29) is 23.8 Å². The minimum atomic E-state index is -0.545. The van der Waals surface area contributed by atoms with Crippen molar-refractivity contribution in [1.82, 2.24) is 14.5 Å². The van der Waals surface area contributed by atoms with Gasteiger partial charge < -0.3 is 9.47 Å². The second-order valence-corrected chi connectivity index (χ2v) is 6.49. The molecular weight excluding hydrogens is 348 g/mol. The predicted molar refractivity (Wildman–Crippen MR) is 101 cm³/mol. The van der Waals surface area contributed by atoms with Crippen LogP contribution in [0, 0.1) is 11.6 Å². The molecule has 0 radical (unpaired) electrons. The summed E-state index contributed by atoms with van der Waals surface area (Å²) >= 11 is 0. The third kappa shape index (κ3) is 3.84. The van der Waals surface area contributed by atoms with Crippen molar-refractivity contribution in [2.75, 3.05) is 6.54 Å². The Morgan fingerprint density at radius 2 is 1.78 bits per heavy atom. The van der Waals surface area contributed by atoms with Gasteiger partial charge in [-0.1, -0.05) is 32.0 Å². The fourth-order valence-electron chi connectivity index (χ4n) is 3.25. The van der Waals surface area contributed by atoms with Crippen molar-refractivity contribution < 1.29 is 13.6 Å². The number of nitrogens with zero attached hydrogens (tertiary/aromatic N) is 3. The maximum atomic E-state index is 14.2. The first-order valence-electron chi connectivity index (χ1n) is 9.24. The third-order valence-corrected chi connectivity index (χ3v) is 4.47. The molecule has 142 valence electrons. The van der Waals surface area contributed by atoms with E-state index in [1.807, 2.05) is 24.5 Å². The maximum absolute atomic E-state index is 14.2. The van der Waals surface area contributed by atoms with Crippen LogP contribution in [0.5, 0.6) is 0 Å². The van der Waals surface area contributed by atoms with Gasteiger partial charge in [-0.2, -0.15) is 0 Å². The summed E-state index contributed by atoms with van der Waals surface area (Å²) in [4.78, 5) is 18.9. The van der Waals surface area contributed by atoms with Crippen LogP contribution >= 0.6 is 0 Å². The van der Waals surface area contributed by atoms with Gasteiger partial charge in [0.2, 0.25) is 0 Å². The first-order valence-corrected chi connectivity index (χ1v) is 9.24. The van der Waals surface area contributed by atoms with Crippen LogP contribution in [0.3, 0.4) is 0 Å². The average molecular weight is 371 g/mol. The van der Waals surface area contributed by atoms with Crippen molar-refractivity contribution in [3.63, 3.8) is 0 Å². The molecule has 0 aliphatic heterocycles. The van der Waals surface area contributed by atoms with E-state index in [0.717, 1.165) is 12.8 Å². The first kappa shape index (κ1) is 19.0. The minimum absolute atomic E-state index is 0.0373. The highest BCUT2D eigenvalue weighted by Gasteiger charge is 2.22. The molecule has 1 aromatic heterocycles. The molecule has 0 aliphatic carbocycles. The standard InChI is InChI=1S/C21H23F2N3O/c1-3-12-25(21(27)15-8-5-6-9-16(15)22)14-19-24-20-17(23)10-7-11-18(20)26(19)13-4-2/h5-11H,3-4,12-14H2,1-2H3. The summed E-state index contributed by atoms with van der Waals surface area (Å²) in [5, 5.41) is 0. The lowest BCUT2D eigenvalue weighted by Gasteiger charge is -2.22. The van der Waals surface area contributed by atoms with Crippen LogP contribution in [-0.4, -0.2) is 26.9 Å². The van der Waals surface area contributed by atoms with Crippen molar-refractivity contribution >= 4 is 16.9 Å². The summed E-state index contributed by atoms with van der Waals surface area (Å²) in [5.41, 5.74) is 1.05. The van der Waals surface area contributed by atoms with Gasteiger partial charge in [0.25, 0.3) is 5.91 Å². The van der Waals surface area contributed by atoms with Crippen LogP contribution in [0.1, 0.15) is 42.9 Å². The van der Waals surface area contributed by atoms with E-state index < -0.39 is 5.82 Å². The molecule has 0 atom stereocenters. The van der Waals surface area contributed by atoms with Gasteiger partial charge in [-0.3, -0.25) is 4.79 Å². The number of benzene rings is 2. The number of aromatic nitrogens is 2. The fourth-order valence-corrected chi connectivity index (χ4v) is 3.25. The van der Waals surface area contributed by atoms with Gasteiger partial charge in [-0.25, -0.2) is 13.8 Å². The molecule has 1 heterocycles. The average Bonchev–Trinajstić information content (AvgIpc) is 3.00. The summed E-state index contributed by atoms with van der Waals surface area (Å²) in [7, 11) is 0. The number of carbonyl (C=O) groups excluding carboxylic acids is 1. The lowest BCUT2D eigenvalue weighted by atomic mass is 10.2. The number of halogens is 2. The predicted octanol–water partition coefficient (Wildman–Crippen LogP) is 4.78. The molecule has 4 nitrogen and oxygen atoms in total. The SMILES string of the molecule is CCCN(Cc1nc2c(F)cccc2n1CCC)C(=O)c1ccccc1F. The molecule has 0 aliphatic rings. The Hall–Kier alpha value is -2.76. The summed E-state index contributed by atoms with van der Waals surface area (Å²) in [5.74, 6) is -0.705. The van der Waals surface area contributed by atoms with E-state index in [0.29, 0.717) is 29.9 Å². The van der Waals surface area contributed by atoms with Crippen LogP contribution in [0.2, 0.25) is 0 Å². The Bertz CT molecular complexity index is 952. The Morgan fingerprint density at radius 3 is 2.48 bits per heavy atom. The molecule has 6 heteroatoms. The van der Waals surface area contributed by atoms with Gasteiger partial charge in [-0.15, -0.1) is 0 Å². The lowest BCUT2D eigenvalue weighted by molar-refractivity contribution is 0.0732. The number of hydrogen-bond donors (Lipinski definition) is 0. The largest absolute Gasteiger partial charge is 0.331 e. The smallest absolute Gasteiger partial charge is 0.257 e. The summed E-state index contributed by atoms with van der Waals surface area (Å²) in [6.45, 7) is 5.32. The Morgan fingerprint density at radius 1 is 1.04 bits per heavy atom. The van der Waals surface area contributed by atoms with Crippen molar-refractivity contribution in [3.8, 4) is 0 Å². The van der Waals surface area contributed by atoms with Gasteiger partial charge in [-0.05, 0) is 37.1 Å². The van der Waals surface area contributed by atoms with Crippen molar-refractivity contribution in [2.45, 2.75) is 39.8 Å². The number of fused-ring (bicyclic) bond motifs is 1. The van der Waals surface area contributed by atoms with Crippen molar-refractivity contribution in [2.24, 2.45) is 0 Å². The number of hydrogen-bond acceptors (Lipinski definition) is 2. The number of imidazole rings is 1. The van der Waals surface area contributed by atoms with Gasteiger partial charge in [0, 0.05) is 13.1 Å². The molecule has 0 spiro atoms. The molecule has 0 fully saturated rings. The summed E-state index contributed by atoms with van der Waals surface area (Å²) < 4.78 is 30.2. The Balaban J connectivity index is 1.99. The van der Waals surface area contributed by atoms with Gasteiger partial charge >= 0.3 is 0 Å². The molecule has 3 aromatic rings.